The summed E-state index contributed by atoms with van der Waals surface area (Å²) < 4.78 is 30.5. The van der Waals surface area contributed by atoms with Gasteiger partial charge in [-0.25, -0.2) is 8.42 Å². The number of non-ortho nitro benzene ring substituents is 1. The van der Waals surface area contributed by atoms with Gasteiger partial charge in [0.2, 0.25) is 0 Å². The summed E-state index contributed by atoms with van der Waals surface area (Å²) in [4.78, 5) is 24.1. The Kier molecular flexibility index (Phi) is 5.99. The van der Waals surface area contributed by atoms with Crippen LogP contribution < -0.4 is 15.0 Å². The second-order valence-electron chi connectivity index (χ2n) is 6.57. The number of aryl methyl sites for hydroxylation is 1. The molecule has 10 heteroatoms. The first-order valence-corrected chi connectivity index (χ1v) is 10.4. The Bertz CT molecular complexity index is 1230. The van der Waals surface area contributed by atoms with Crippen LogP contribution in [0.25, 0.3) is 10.8 Å². The van der Waals surface area contributed by atoms with Crippen molar-refractivity contribution in [3.8, 4) is 5.75 Å². The zero-order chi connectivity index (χ0) is 21.9. The molecule has 3 rings (SSSR count). The molecule has 9 nitrogen and oxygen atoms in total. The largest absolute Gasteiger partial charge is 0.481 e. The second kappa shape index (κ2) is 8.47. The fourth-order valence-electron chi connectivity index (χ4n) is 2.76. The van der Waals surface area contributed by atoms with Crippen LogP contribution in [0, 0.1) is 17.0 Å². The van der Waals surface area contributed by atoms with Gasteiger partial charge in [-0.15, -0.1) is 4.83 Å². The van der Waals surface area contributed by atoms with Crippen molar-refractivity contribution < 1.29 is 22.9 Å². The molecule has 0 fully saturated rings. The minimum atomic E-state index is -4.22. The summed E-state index contributed by atoms with van der Waals surface area (Å²) in [6.45, 7) is 2.96. The molecule has 0 saturated carbocycles. The Labute approximate surface area is 172 Å². The zero-order valence-corrected chi connectivity index (χ0v) is 17.0. The second-order valence-corrected chi connectivity index (χ2v) is 8.22. The third-order valence-corrected chi connectivity index (χ3v) is 5.77. The molecule has 2 N–H and O–H groups in total. The van der Waals surface area contributed by atoms with Gasteiger partial charge in [-0.1, -0.05) is 36.4 Å². The standard InChI is InChI=1S/C20H19N3O6S/c1-13-7-9-17(23(25)26)12-19(13)30(27,28)22-21-20(24)14(2)29-18-10-8-15-5-3-4-6-16(15)11-18/h3-12,14,22H,1-2H3,(H,21,24)/t14-/m1/s1. The summed E-state index contributed by atoms with van der Waals surface area (Å²) in [5.74, 6) is -0.274. The van der Waals surface area contributed by atoms with E-state index in [2.05, 4.69) is 5.43 Å². The Morgan fingerprint density at radius 3 is 2.47 bits per heavy atom. The SMILES string of the molecule is Cc1ccc([N+](=O)[O-])cc1S(=O)(=O)NNC(=O)[C@@H](C)Oc1ccc2ccccc2c1. The number of hydrogen-bond donors (Lipinski definition) is 2. The monoisotopic (exact) mass is 429 g/mol. The molecular formula is C20H19N3O6S. The lowest BCUT2D eigenvalue weighted by Gasteiger charge is -2.16. The number of hydrazine groups is 1. The fraction of sp³-hybridized carbons (Fsp3) is 0.150. The van der Waals surface area contributed by atoms with Gasteiger partial charge in [0.15, 0.2) is 6.10 Å². The Morgan fingerprint density at radius 1 is 1.07 bits per heavy atom. The minimum absolute atomic E-state index is 0.294. The van der Waals surface area contributed by atoms with Gasteiger partial charge in [-0.05, 0) is 42.3 Å². The van der Waals surface area contributed by atoms with E-state index in [0.717, 1.165) is 16.8 Å². The van der Waals surface area contributed by atoms with Crippen LogP contribution >= 0.6 is 0 Å². The van der Waals surface area contributed by atoms with Crippen LogP contribution in [0.3, 0.4) is 0 Å². The van der Waals surface area contributed by atoms with E-state index in [-0.39, 0.29) is 10.6 Å². The quantitative estimate of drug-likeness (QED) is 0.439. The van der Waals surface area contributed by atoms with E-state index in [1.165, 1.54) is 26.0 Å². The molecule has 3 aromatic rings. The average molecular weight is 429 g/mol. The summed E-state index contributed by atoms with van der Waals surface area (Å²) >= 11 is 0. The van der Waals surface area contributed by atoms with Gasteiger partial charge in [-0.2, -0.15) is 0 Å². The number of fused-ring (bicyclic) bond motifs is 1. The summed E-state index contributed by atoms with van der Waals surface area (Å²) in [7, 11) is -4.22. The predicted octanol–water partition coefficient (Wildman–Crippen LogP) is 2.83. The number of hydrogen-bond acceptors (Lipinski definition) is 6. The van der Waals surface area contributed by atoms with E-state index in [1.54, 1.807) is 12.1 Å². The number of sulfonamides is 1. The zero-order valence-electron chi connectivity index (χ0n) is 16.2. The first-order valence-electron chi connectivity index (χ1n) is 8.89. The molecule has 1 amide bonds. The lowest BCUT2D eigenvalue weighted by atomic mass is 10.1. The highest BCUT2D eigenvalue weighted by molar-refractivity contribution is 7.89. The number of amides is 1. The summed E-state index contributed by atoms with van der Waals surface area (Å²) in [5, 5.41) is 12.9. The number of nitro groups is 1. The maximum Gasteiger partial charge on any atom is 0.275 e. The van der Waals surface area contributed by atoms with Crippen LogP contribution in [0.4, 0.5) is 5.69 Å². The molecule has 0 aliphatic rings. The number of carbonyl (C=O) groups excluding carboxylic acids is 1. The molecule has 0 spiro atoms. The van der Waals surface area contributed by atoms with Crippen molar-refractivity contribution in [3.63, 3.8) is 0 Å². The molecular weight excluding hydrogens is 410 g/mol. The van der Waals surface area contributed by atoms with Crippen LogP contribution in [-0.2, 0) is 14.8 Å². The molecule has 0 aliphatic carbocycles. The normalized spacial score (nSPS) is 12.3. The smallest absolute Gasteiger partial charge is 0.275 e. The van der Waals surface area contributed by atoms with Crippen molar-refractivity contribution >= 4 is 32.4 Å². The van der Waals surface area contributed by atoms with E-state index in [9.17, 15) is 23.3 Å². The molecule has 0 heterocycles. The lowest BCUT2D eigenvalue weighted by molar-refractivity contribution is -0.385. The third kappa shape index (κ3) is 4.73. The molecule has 30 heavy (non-hydrogen) atoms. The maximum absolute atomic E-state index is 12.5. The van der Waals surface area contributed by atoms with Gasteiger partial charge in [0.1, 0.15) is 5.75 Å². The van der Waals surface area contributed by atoms with Crippen molar-refractivity contribution in [1.82, 2.24) is 10.3 Å². The van der Waals surface area contributed by atoms with Crippen LogP contribution in [0.5, 0.6) is 5.75 Å². The topological polar surface area (TPSA) is 128 Å². The molecule has 3 aromatic carbocycles. The van der Waals surface area contributed by atoms with Gasteiger partial charge < -0.3 is 4.74 Å². The number of nitrogens with one attached hydrogen (secondary N) is 2. The van der Waals surface area contributed by atoms with Gasteiger partial charge in [0, 0.05) is 12.1 Å². The van der Waals surface area contributed by atoms with E-state index < -0.39 is 27.0 Å². The van der Waals surface area contributed by atoms with Crippen molar-refractivity contribution in [2.75, 3.05) is 0 Å². The number of carbonyl (C=O) groups is 1. The van der Waals surface area contributed by atoms with E-state index in [1.807, 2.05) is 35.2 Å². The predicted molar refractivity (Wildman–Crippen MR) is 110 cm³/mol. The molecule has 0 saturated heterocycles. The van der Waals surface area contributed by atoms with E-state index in [0.29, 0.717) is 11.3 Å². The maximum atomic E-state index is 12.5. The molecule has 1 atom stereocenters. The number of benzene rings is 3. The molecule has 0 radical (unpaired) electrons. The molecule has 156 valence electrons. The summed E-state index contributed by atoms with van der Waals surface area (Å²) in [5.41, 5.74) is 2.00. The van der Waals surface area contributed by atoms with Gasteiger partial charge in [-0.3, -0.25) is 20.3 Å². The Hall–Kier alpha value is -3.50. The van der Waals surface area contributed by atoms with E-state index >= 15 is 0 Å². The average Bonchev–Trinajstić information content (AvgIpc) is 2.72. The lowest BCUT2D eigenvalue weighted by Crippen LogP contribution is -2.47. The Balaban J connectivity index is 1.68. The first-order chi connectivity index (χ1) is 14.2. The molecule has 0 aliphatic heterocycles. The molecule has 0 unspecified atom stereocenters. The minimum Gasteiger partial charge on any atom is -0.481 e. The summed E-state index contributed by atoms with van der Waals surface area (Å²) in [6, 6.07) is 16.4. The van der Waals surface area contributed by atoms with Crippen LogP contribution in [-0.4, -0.2) is 25.4 Å². The third-order valence-electron chi connectivity index (χ3n) is 4.38. The van der Waals surface area contributed by atoms with Crippen molar-refractivity contribution in [2.45, 2.75) is 24.8 Å². The Morgan fingerprint density at radius 2 is 1.77 bits per heavy atom. The number of rotatable bonds is 7. The number of nitro benzene ring substituents is 1. The van der Waals surface area contributed by atoms with Crippen molar-refractivity contribution in [2.24, 2.45) is 0 Å². The van der Waals surface area contributed by atoms with Gasteiger partial charge >= 0.3 is 0 Å². The van der Waals surface area contributed by atoms with Crippen LogP contribution in [0.15, 0.2) is 65.6 Å². The molecule has 0 bridgehead atoms. The fourth-order valence-corrected chi connectivity index (χ4v) is 3.88. The van der Waals surface area contributed by atoms with Crippen LogP contribution in [0.2, 0.25) is 0 Å². The van der Waals surface area contributed by atoms with Gasteiger partial charge in [0.25, 0.3) is 21.6 Å². The van der Waals surface area contributed by atoms with Gasteiger partial charge in [0.05, 0.1) is 9.82 Å². The van der Waals surface area contributed by atoms with Crippen molar-refractivity contribution in [1.29, 1.82) is 0 Å². The first kappa shape index (κ1) is 21.2. The highest BCUT2D eigenvalue weighted by atomic mass is 32.2. The number of nitrogens with zero attached hydrogens (tertiary/aromatic N) is 1. The molecule has 0 aromatic heterocycles. The number of ether oxygens (including phenoxy) is 1. The van der Waals surface area contributed by atoms with E-state index in [4.69, 9.17) is 4.74 Å². The summed E-state index contributed by atoms with van der Waals surface area (Å²) in [6.07, 6.45) is -1.000. The highest BCUT2D eigenvalue weighted by Crippen LogP contribution is 2.22. The van der Waals surface area contributed by atoms with Crippen LogP contribution in [0.1, 0.15) is 12.5 Å². The highest BCUT2D eigenvalue weighted by Gasteiger charge is 2.23. The van der Waals surface area contributed by atoms with Crippen molar-refractivity contribution in [3.05, 3.63) is 76.3 Å².